The molecular weight excluding hydrogens is 346 g/mol. The van der Waals surface area contributed by atoms with Crippen LogP contribution in [0.2, 0.25) is 0 Å². The molecule has 0 radical (unpaired) electrons. The van der Waals surface area contributed by atoms with Gasteiger partial charge in [-0.2, -0.15) is 0 Å². The number of carbonyl (C=O) groups excluding carboxylic acids is 1. The topological polar surface area (TPSA) is 94.2 Å². The van der Waals surface area contributed by atoms with E-state index in [1.807, 2.05) is 19.1 Å². The molecule has 0 saturated carbocycles. The minimum Gasteiger partial charge on any atom is -0.477 e. The third-order valence-electron chi connectivity index (χ3n) is 4.41. The maximum Gasteiger partial charge on any atom is 0.266 e. The molecule has 1 amide bonds. The van der Waals surface area contributed by atoms with Crippen LogP contribution in [0.25, 0.3) is 11.6 Å². The van der Waals surface area contributed by atoms with Gasteiger partial charge in [-0.25, -0.2) is 4.98 Å². The summed E-state index contributed by atoms with van der Waals surface area (Å²) in [5, 5.41) is 8.25. The third-order valence-corrected chi connectivity index (χ3v) is 4.41. The molecule has 1 unspecified atom stereocenters. The Labute approximate surface area is 156 Å². The highest BCUT2D eigenvalue weighted by atomic mass is 16.5. The monoisotopic (exact) mass is 365 g/mol. The minimum absolute atomic E-state index is 0.147. The van der Waals surface area contributed by atoms with Crippen LogP contribution in [0.5, 0.6) is 5.88 Å². The van der Waals surface area contributed by atoms with Crippen molar-refractivity contribution in [2.45, 2.75) is 25.8 Å². The molecule has 27 heavy (non-hydrogen) atoms. The molecule has 1 fully saturated rings. The van der Waals surface area contributed by atoms with Crippen molar-refractivity contribution in [2.75, 3.05) is 13.2 Å². The van der Waals surface area contributed by atoms with E-state index in [0.29, 0.717) is 42.1 Å². The average molecular weight is 365 g/mol. The van der Waals surface area contributed by atoms with Crippen molar-refractivity contribution in [3.05, 3.63) is 54.2 Å². The van der Waals surface area contributed by atoms with Crippen LogP contribution < -0.4 is 4.74 Å². The van der Waals surface area contributed by atoms with E-state index in [9.17, 15) is 4.79 Å². The number of carbonyl (C=O) groups is 1. The molecule has 0 aromatic carbocycles. The number of likely N-dealkylation sites (tertiary alicyclic amines) is 1. The molecule has 138 valence electrons. The first-order valence-electron chi connectivity index (χ1n) is 8.91. The minimum atomic E-state index is -0.267. The van der Waals surface area contributed by atoms with Crippen molar-refractivity contribution in [1.82, 2.24) is 25.1 Å². The molecule has 8 nitrogen and oxygen atoms in total. The highest BCUT2D eigenvalue weighted by Gasteiger charge is 2.35. The number of pyridine rings is 2. The number of hydrogen-bond acceptors (Lipinski definition) is 7. The predicted molar refractivity (Wildman–Crippen MR) is 95.9 cm³/mol. The first kappa shape index (κ1) is 17.1. The van der Waals surface area contributed by atoms with E-state index < -0.39 is 0 Å². The second-order valence-electron chi connectivity index (χ2n) is 6.11. The zero-order chi connectivity index (χ0) is 18.6. The van der Waals surface area contributed by atoms with Gasteiger partial charge >= 0.3 is 0 Å². The van der Waals surface area contributed by atoms with Gasteiger partial charge in [0.05, 0.1) is 6.61 Å². The number of ether oxygens (including phenoxy) is 1. The van der Waals surface area contributed by atoms with Gasteiger partial charge in [0.25, 0.3) is 11.8 Å². The number of amides is 1. The molecular formula is C19H19N5O3. The van der Waals surface area contributed by atoms with Crippen molar-refractivity contribution in [3.8, 4) is 17.5 Å². The van der Waals surface area contributed by atoms with Gasteiger partial charge < -0.3 is 14.1 Å². The van der Waals surface area contributed by atoms with Gasteiger partial charge in [0.1, 0.15) is 17.3 Å². The van der Waals surface area contributed by atoms with Crippen molar-refractivity contribution in [1.29, 1.82) is 0 Å². The van der Waals surface area contributed by atoms with Crippen LogP contribution in [-0.4, -0.2) is 44.1 Å². The number of aromatic nitrogens is 4. The summed E-state index contributed by atoms with van der Waals surface area (Å²) in [6.07, 6.45) is 4.91. The summed E-state index contributed by atoms with van der Waals surface area (Å²) in [7, 11) is 0. The Morgan fingerprint density at radius 2 is 2.11 bits per heavy atom. The quantitative estimate of drug-likeness (QED) is 0.686. The van der Waals surface area contributed by atoms with E-state index in [2.05, 4.69) is 20.2 Å². The lowest BCUT2D eigenvalue weighted by molar-refractivity contribution is 0.0710. The molecule has 1 saturated heterocycles. The van der Waals surface area contributed by atoms with Crippen LogP contribution in [-0.2, 0) is 0 Å². The summed E-state index contributed by atoms with van der Waals surface area (Å²) < 4.78 is 11.3. The summed E-state index contributed by atoms with van der Waals surface area (Å²) in [4.78, 5) is 23.2. The fourth-order valence-electron chi connectivity index (χ4n) is 3.19. The smallest absolute Gasteiger partial charge is 0.266 e. The number of rotatable bonds is 5. The molecule has 0 spiro atoms. The van der Waals surface area contributed by atoms with Gasteiger partial charge in [-0.15, -0.1) is 10.2 Å². The first-order chi connectivity index (χ1) is 13.3. The van der Waals surface area contributed by atoms with E-state index >= 15 is 0 Å². The van der Waals surface area contributed by atoms with Crippen molar-refractivity contribution < 1.29 is 13.9 Å². The second-order valence-corrected chi connectivity index (χ2v) is 6.11. The zero-order valence-corrected chi connectivity index (χ0v) is 14.9. The van der Waals surface area contributed by atoms with Crippen LogP contribution in [0.3, 0.4) is 0 Å². The van der Waals surface area contributed by atoms with Gasteiger partial charge in [0.15, 0.2) is 0 Å². The summed E-state index contributed by atoms with van der Waals surface area (Å²) >= 11 is 0. The van der Waals surface area contributed by atoms with E-state index in [1.54, 1.807) is 35.5 Å². The normalized spacial score (nSPS) is 16.5. The Balaban J connectivity index is 1.60. The second kappa shape index (κ2) is 7.53. The van der Waals surface area contributed by atoms with Gasteiger partial charge in [0.2, 0.25) is 11.8 Å². The molecule has 3 aromatic rings. The van der Waals surface area contributed by atoms with Crippen LogP contribution in [0.4, 0.5) is 0 Å². The molecule has 1 atom stereocenters. The molecule has 0 aliphatic carbocycles. The summed E-state index contributed by atoms with van der Waals surface area (Å²) in [5.74, 6) is 0.964. The molecule has 1 aliphatic heterocycles. The maximum atomic E-state index is 13.1. The van der Waals surface area contributed by atoms with E-state index in [4.69, 9.17) is 9.15 Å². The molecule has 0 N–H and O–H groups in total. The standard InChI is InChI=1S/C19H19N5O3/c1-2-26-16-13(7-5-11-21-16)19(25)24-12-6-9-15(24)18-23-22-17(27-18)14-8-3-4-10-20-14/h3-5,7-8,10-11,15H,2,6,9,12H2,1H3. The van der Waals surface area contributed by atoms with Crippen LogP contribution in [0.15, 0.2) is 47.1 Å². The lowest BCUT2D eigenvalue weighted by Gasteiger charge is -2.22. The zero-order valence-electron chi connectivity index (χ0n) is 14.9. The van der Waals surface area contributed by atoms with Gasteiger partial charge in [-0.1, -0.05) is 6.07 Å². The summed E-state index contributed by atoms with van der Waals surface area (Å²) in [5.41, 5.74) is 1.05. The third kappa shape index (κ3) is 3.38. The van der Waals surface area contributed by atoms with Crippen LogP contribution >= 0.6 is 0 Å². The van der Waals surface area contributed by atoms with E-state index in [1.165, 1.54) is 0 Å². The number of nitrogens with zero attached hydrogens (tertiary/aromatic N) is 5. The largest absolute Gasteiger partial charge is 0.477 e. The highest BCUT2D eigenvalue weighted by Crippen LogP contribution is 2.34. The molecule has 1 aliphatic rings. The lowest BCUT2D eigenvalue weighted by Crippen LogP contribution is -2.31. The maximum absolute atomic E-state index is 13.1. The molecule has 8 heteroatoms. The lowest BCUT2D eigenvalue weighted by atomic mass is 10.2. The summed E-state index contributed by atoms with van der Waals surface area (Å²) in [6.45, 7) is 2.92. The Kier molecular flexibility index (Phi) is 4.78. The van der Waals surface area contributed by atoms with Gasteiger partial charge in [-0.05, 0) is 44.0 Å². The number of hydrogen-bond donors (Lipinski definition) is 0. The fraction of sp³-hybridized carbons (Fsp3) is 0.316. The van der Waals surface area contributed by atoms with Crippen molar-refractivity contribution in [3.63, 3.8) is 0 Å². The Bertz CT molecular complexity index is 928. The average Bonchev–Trinajstić information content (AvgIpc) is 3.38. The van der Waals surface area contributed by atoms with E-state index in [-0.39, 0.29) is 11.9 Å². The Morgan fingerprint density at radius 1 is 1.22 bits per heavy atom. The summed E-state index contributed by atoms with van der Waals surface area (Å²) in [6, 6.07) is 8.67. The van der Waals surface area contributed by atoms with Gasteiger partial charge in [-0.3, -0.25) is 9.78 Å². The molecule has 0 bridgehead atoms. The molecule has 3 aromatic heterocycles. The SMILES string of the molecule is CCOc1ncccc1C(=O)N1CCCC1c1nnc(-c2ccccn2)o1. The first-order valence-corrected chi connectivity index (χ1v) is 8.91. The van der Waals surface area contributed by atoms with Crippen LogP contribution in [0.1, 0.15) is 42.1 Å². The predicted octanol–water partition coefficient (Wildman–Crippen LogP) is 2.90. The van der Waals surface area contributed by atoms with Crippen LogP contribution in [0, 0.1) is 0 Å². The Morgan fingerprint density at radius 3 is 2.93 bits per heavy atom. The Hall–Kier alpha value is -3.29. The fourth-order valence-corrected chi connectivity index (χ4v) is 3.19. The van der Waals surface area contributed by atoms with E-state index in [0.717, 1.165) is 12.8 Å². The molecule has 4 heterocycles. The molecule has 4 rings (SSSR count). The highest BCUT2D eigenvalue weighted by molar-refractivity contribution is 5.96. The van der Waals surface area contributed by atoms with Crippen molar-refractivity contribution >= 4 is 5.91 Å². The van der Waals surface area contributed by atoms with Crippen molar-refractivity contribution in [2.24, 2.45) is 0 Å². The van der Waals surface area contributed by atoms with Gasteiger partial charge in [0, 0.05) is 18.9 Å².